The lowest BCUT2D eigenvalue weighted by molar-refractivity contribution is 0.0517. The van der Waals surface area contributed by atoms with Crippen molar-refractivity contribution in [2.45, 2.75) is 22.1 Å². The van der Waals surface area contributed by atoms with Gasteiger partial charge < -0.3 is 9.72 Å². The highest BCUT2D eigenvalue weighted by atomic mass is 35.5. The quantitative estimate of drug-likeness (QED) is 0.378. The van der Waals surface area contributed by atoms with Crippen LogP contribution in [0.25, 0.3) is 0 Å². The van der Waals surface area contributed by atoms with Crippen molar-refractivity contribution in [3.8, 4) is 0 Å². The van der Waals surface area contributed by atoms with Gasteiger partial charge in [-0.2, -0.15) is 8.78 Å². The first-order chi connectivity index (χ1) is 12.1. The zero-order valence-corrected chi connectivity index (χ0v) is 15.9. The van der Waals surface area contributed by atoms with Crippen LogP contribution in [0.1, 0.15) is 23.0 Å². The summed E-state index contributed by atoms with van der Waals surface area (Å²) in [5.74, 6) is -1.87. The van der Waals surface area contributed by atoms with Crippen LogP contribution in [-0.2, 0) is 10.1 Å². The van der Waals surface area contributed by atoms with Crippen molar-refractivity contribution < 1.29 is 22.7 Å². The molecule has 0 fully saturated rings. The molecule has 0 amide bonds. The fraction of sp³-hybridized carbons (Fsp3) is 0.200. The Kier molecular flexibility index (Phi) is 6.55. The van der Waals surface area contributed by atoms with E-state index in [9.17, 15) is 22.8 Å². The Morgan fingerprint density at radius 3 is 2.58 bits per heavy atom. The van der Waals surface area contributed by atoms with Crippen molar-refractivity contribution in [2.24, 2.45) is 0 Å². The van der Waals surface area contributed by atoms with Gasteiger partial charge in [0.2, 0.25) is 0 Å². The number of hydrogen-bond donors (Lipinski definition) is 1. The normalized spacial score (nSPS) is 11.5. The number of rotatable bonds is 5. The fourth-order valence-corrected chi connectivity index (χ4v) is 3.61. The largest absolute Gasteiger partial charge is 0.462 e. The van der Waals surface area contributed by atoms with E-state index in [0.29, 0.717) is 11.8 Å². The van der Waals surface area contributed by atoms with E-state index in [-0.39, 0.29) is 21.4 Å². The molecule has 1 aromatic heterocycles. The number of pyridine rings is 1. The third kappa shape index (κ3) is 4.49. The summed E-state index contributed by atoms with van der Waals surface area (Å²) in [4.78, 5) is 25.7. The van der Waals surface area contributed by atoms with Gasteiger partial charge in [-0.1, -0.05) is 35.0 Å². The van der Waals surface area contributed by atoms with Crippen molar-refractivity contribution in [3.63, 3.8) is 0 Å². The molecule has 0 saturated heterocycles. The minimum atomic E-state index is -3.91. The number of ether oxygens (including phenoxy) is 1. The van der Waals surface area contributed by atoms with Gasteiger partial charge in [0.05, 0.1) is 21.5 Å². The molecule has 1 aromatic carbocycles. The van der Waals surface area contributed by atoms with Gasteiger partial charge in [-0.3, -0.25) is 4.79 Å². The zero-order chi connectivity index (χ0) is 19.6. The molecule has 1 heterocycles. The number of carbonyl (C=O) groups is 1. The summed E-state index contributed by atoms with van der Waals surface area (Å²) in [7, 11) is 0. The maximum Gasteiger partial charge on any atom is 0.362 e. The van der Waals surface area contributed by atoms with E-state index in [1.54, 1.807) is 0 Å². The SMILES string of the molecule is CCOC(=O)c1c(Sc2c(Cl)ccc(F)c2Cl)cc(C(F)(F)Cl)[nH]c1=O. The predicted molar refractivity (Wildman–Crippen MR) is 93.3 cm³/mol. The molecule has 0 aliphatic carbocycles. The molecule has 0 spiro atoms. The van der Waals surface area contributed by atoms with E-state index in [4.69, 9.17) is 39.5 Å². The smallest absolute Gasteiger partial charge is 0.362 e. The summed E-state index contributed by atoms with van der Waals surface area (Å²) in [6.45, 7) is 1.44. The Morgan fingerprint density at radius 1 is 1.35 bits per heavy atom. The molecular weight excluding hydrogens is 438 g/mol. The lowest BCUT2D eigenvalue weighted by Crippen LogP contribution is -2.24. The topological polar surface area (TPSA) is 59.2 Å². The number of halogens is 6. The number of alkyl halides is 3. The Morgan fingerprint density at radius 2 is 2.00 bits per heavy atom. The van der Waals surface area contributed by atoms with E-state index < -0.39 is 39.0 Å². The van der Waals surface area contributed by atoms with Crippen LogP contribution in [0, 0.1) is 5.82 Å². The van der Waals surface area contributed by atoms with Gasteiger partial charge in [-0.15, -0.1) is 0 Å². The number of benzene rings is 1. The second-order valence-electron chi connectivity index (χ2n) is 4.74. The molecule has 0 aliphatic rings. The monoisotopic (exact) mass is 445 g/mol. The number of carbonyl (C=O) groups excluding carboxylic acids is 1. The Hall–Kier alpha value is -1.35. The number of esters is 1. The second kappa shape index (κ2) is 8.12. The summed E-state index contributed by atoms with van der Waals surface area (Å²) in [6, 6.07) is 2.99. The van der Waals surface area contributed by atoms with Gasteiger partial charge in [-0.25, -0.2) is 9.18 Å². The molecule has 140 valence electrons. The molecule has 1 N–H and O–H groups in total. The van der Waals surface area contributed by atoms with Crippen molar-refractivity contribution in [1.29, 1.82) is 0 Å². The lowest BCUT2D eigenvalue weighted by atomic mass is 10.2. The van der Waals surface area contributed by atoms with Gasteiger partial charge in [0.1, 0.15) is 17.1 Å². The average molecular weight is 447 g/mol. The molecule has 4 nitrogen and oxygen atoms in total. The Bertz CT molecular complexity index is 915. The molecule has 26 heavy (non-hydrogen) atoms. The first kappa shape index (κ1) is 21.0. The highest BCUT2D eigenvalue weighted by molar-refractivity contribution is 7.99. The Labute approximate surface area is 164 Å². The number of aromatic nitrogens is 1. The van der Waals surface area contributed by atoms with E-state index in [1.165, 1.54) is 13.0 Å². The van der Waals surface area contributed by atoms with Gasteiger partial charge in [0.15, 0.2) is 0 Å². The molecule has 0 bridgehead atoms. The molecule has 2 rings (SSSR count). The second-order valence-corrected chi connectivity index (χ2v) is 7.06. The zero-order valence-electron chi connectivity index (χ0n) is 12.8. The van der Waals surface area contributed by atoms with E-state index in [1.807, 2.05) is 4.98 Å². The molecule has 2 aromatic rings. The fourth-order valence-electron chi connectivity index (χ4n) is 1.88. The van der Waals surface area contributed by atoms with Crippen LogP contribution in [0.4, 0.5) is 13.2 Å². The molecule has 0 radical (unpaired) electrons. The third-order valence-corrected chi connectivity index (χ3v) is 5.28. The Balaban J connectivity index is 2.69. The molecular formula is C15H9Cl3F3NO3S. The van der Waals surface area contributed by atoms with Crippen LogP contribution in [0.15, 0.2) is 32.8 Å². The molecule has 0 atom stereocenters. The molecule has 0 aliphatic heterocycles. The highest BCUT2D eigenvalue weighted by Gasteiger charge is 2.32. The number of nitrogens with one attached hydrogen (secondary N) is 1. The first-order valence-electron chi connectivity index (χ1n) is 6.89. The van der Waals surface area contributed by atoms with Crippen LogP contribution in [0.2, 0.25) is 10.0 Å². The van der Waals surface area contributed by atoms with Crippen LogP contribution in [-0.4, -0.2) is 17.6 Å². The van der Waals surface area contributed by atoms with Crippen molar-refractivity contribution >= 4 is 52.5 Å². The predicted octanol–water partition coefficient (Wildman–Crippen LogP) is 5.44. The number of aromatic amines is 1. The van der Waals surface area contributed by atoms with Gasteiger partial charge in [-0.05, 0) is 36.7 Å². The summed E-state index contributed by atoms with van der Waals surface area (Å²) < 4.78 is 45.3. The highest BCUT2D eigenvalue weighted by Crippen LogP contribution is 2.42. The van der Waals surface area contributed by atoms with Crippen LogP contribution >= 0.6 is 46.6 Å². The number of hydrogen-bond acceptors (Lipinski definition) is 4. The average Bonchev–Trinajstić information content (AvgIpc) is 2.54. The summed E-state index contributed by atoms with van der Waals surface area (Å²) in [6.07, 6.45) is 0. The van der Waals surface area contributed by atoms with Crippen molar-refractivity contribution in [2.75, 3.05) is 6.61 Å². The first-order valence-corrected chi connectivity index (χ1v) is 8.84. The van der Waals surface area contributed by atoms with Gasteiger partial charge in [0.25, 0.3) is 5.56 Å². The molecule has 0 saturated carbocycles. The van der Waals surface area contributed by atoms with E-state index in [2.05, 4.69) is 0 Å². The van der Waals surface area contributed by atoms with E-state index >= 15 is 0 Å². The van der Waals surface area contributed by atoms with Crippen molar-refractivity contribution in [3.05, 3.63) is 55.7 Å². The maximum absolute atomic E-state index is 13.7. The minimum absolute atomic E-state index is 0.00401. The third-order valence-electron chi connectivity index (χ3n) is 3.00. The van der Waals surface area contributed by atoms with Crippen molar-refractivity contribution in [1.82, 2.24) is 4.98 Å². The lowest BCUT2D eigenvalue weighted by Gasteiger charge is -2.14. The maximum atomic E-state index is 13.7. The summed E-state index contributed by atoms with van der Waals surface area (Å²) in [5, 5.41) is -4.30. The van der Waals surface area contributed by atoms with Gasteiger partial charge >= 0.3 is 11.4 Å². The summed E-state index contributed by atoms with van der Waals surface area (Å²) in [5.41, 5.74) is -2.66. The standard InChI is InChI=1S/C15H9Cl3F3NO3S/c1-2-25-14(24)10-8(5-9(15(18,20)21)22-13(10)23)26-12-6(16)3-4-7(19)11(12)17/h3-5H,2H2,1H3,(H,22,23). The molecule has 11 heteroatoms. The van der Waals surface area contributed by atoms with Crippen LogP contribution in [0.5, 0.6) is 0 Å². The van der Waals surface area contributed by atoms with Gasteiger partial charge in [0, 0.05) is 4.90 Å². The molecule has 0 unspecified atom stereocenters. The van der Waals surface area contributed by atoms with Crippen LogP contribution in [0.3, 0.4) is 0 Å². The number of H-pyrrole nitrogens is 1. The minimum Gasteiger partial charge on any atom is -0.462 e. The van der Waals surface area contributed by atoms with Crippen LogP contribution < -0.4 is 5.56 Å². The summed E-state index contributed by atoms with van der Waals surface area (Å²) >= 11 is 17.3. The van der Waals surface area contributed by atoms with E-state index in [0.717, 1.165) is 12.1 Å².